The zero-order valence-corrected chi connectivity index (χ0v) is 17.0. The van der Waals surface area contributed by atoms with Crippen LogP contribution in [0, 0.1) is 0 Å². The van der Waals surface area contributed by atoms with E-state index in [9.17, 15) is 4.79 Å². The molecule has 0 saturated carbocycles. The highest BCUT2D eigenvalue weighted by molar-refractivity contribution is 7.99. The van der Waals surface area contributed by atoms with Gasteiger partial charge < -0.3 is 10.5 Å². The average Bonchev–Trinajstić information content (AvgIpc) is 3.20. The van der Waals surface area contributed by atoms with Crippen LogP contribution in [0.25, 0.3) is 5.78 Å². The summed E-state index contributed by atoms with van der Waals surface area (Å²) in [5.41, 5.74) is 7.56. The van der Waals surface area contributed by atoms with Gasteiger partial charge in [-0.3, -0.25) is 9.20 Å². The first-order chi connectivity index (χ1) is 14.1. The standard InChI is InChI=1S/C21H17ClN4O2S/c1-28-14-5-7-15(8-6-14)29-19(13-11-25-21-24-9-10-26(21)12-13)18-16(20(23)27)3-2-4-17(18)22/h2-12,19H,1H3,(H2,23,27). The second-order valence-electron chi connectivity index (χ2n) is 6.26. The molecule has 2 heterocycles. The van der Waals surface area contributed by atoms with Crippen molar-refractivity contribution >= 4 is 35.0 Å². The number of imidazole rings is 1. The highest BCUT2D eigenvalue weighted by atomic mass is 35.5. The zero-order chi connectivity index (χ0) is 20.4. The largest absolute Gasteiger partial charge is 0.497 e. The number of primary amides is 1. The van der Waals surface area contributed by atoms with Gasteiger partial charge in [-0.2, -0.15) is 0 Å². The van der Waals surface area contributed by atoms with E-state index in [-0.39, 0.29) is 5.25 Å². The number of nitrogens with two attached hydrogens (primary N) is 1. The van der Waals surface area contributed by atoms with Crippen molar-refractivity contribution < 1.29 is 9.53 Å². The van der Waals surface area contributed by atoms with Crippen molar-refractivity contribution in [3.8, 4) is 5.75 Å². The van der Waals surface area contributed by atoms with Gasteiger partial charge in [0, 0.05) is 51.4 Å². The SMILES string of the molecule is COc1ccc(SC(c2cnc3nccn3c2)c2c(Cl)cccc2C(N)=O)cc1. The maximum Gasteiger partial charge on any atom is 0.249 e. The van der Waals surface area contributed by atoms with Gasteiger partial charge in [-0.15, -0.1) is 11.8 Å². The number of halogens is 1. The molecular weight excluding hydrogens is 408 g/mol. The van der Waals surface area contributed by atoms with E-state index in [1.807, 2.05) is 41.1 Å². The van der Waals surface area contributed by atoms with Crippen LogP contribution in [0.15, 0.2) is 72.1 Å². The molecule has 0 aliphatic rings. The molecule has 4 rings (SSSR count). The predicted molar refractivity (Wildman–Crippen MR) is 114 cm³/mol. The van der Waals surface area contributed by atoms with E-state index in [2.05, 4.69) is 9.97 Å². The van der Waals surface area contributed by atoms with E-state index in [1.54, 1.807) is 49.5 Å². The summed E-state index contributed by atoms with van der Waals surface area (Å²) in [6.07, 6.45) is 7.19. The number of ether oxygens (including phenoxy) is 1. The number of thioether (sulfide) groups is 1. The Morgan fingerprint density at radius 1 is 1.21 bits per heavy atom. The van der Waals surface area contributed by atoms with Crippen molar-refractivity contribution in [3.05, 3.63) is 89.0 Å². The number of carbonyl (C=O) groups is 1. The van der Waals surface area contributed by atoms with Crippen LogP contribution in [0.1, 0.15) is 26.7 Å². The quantitative estimate of drug-likeness (QED) is 0.464. The molecular formula is C21H17ClN4O2S. The summed E-state index contributed by atoms with van der Waals surface area (Å²) in [6, 6.07) is 12.9. The fourth-order valence-corrected chi connectivity index (χ4v) is 4.61. The maximum absolute atomic E-state index is 12.1. The van der Waals surface area contributed by atoms with Crippen molar-refractivity contribution in [2.75, 3.05) is 7.11 Å². The Morgan fingerprint density at radius 2 is 2.00 bits per heavy atom. The zero-order valence-electron chi connectivity index (χ0n) is 15.4. The number of aromatic nitrogens is 3. The summed E-state index contributed by atoms with van der Waals surface area (Å²) in [7, 11) is 1.62. The topological polar surface area (TPSA) is 82.5 Å². The molecule has 0 aliphatic carbocycles. The van der Waals surface area contributed by atoms with Crippen molar-refractivity contribution in [1.82, 2.24) is 14.4 Å². The summed E-state index contributed by atoms with van der Waals surface area (Å²) in [5, 5.41) is 0.164. The Kier molecular flexibility index (Phi) is 5.42. The Hall–Kier alpha value is -3.03. The number of benzene rings is 2. The number of nitrogens with zero attached hydrogens (tertiary/aromatic N) is 3. The van der Waals surface area contributed by atoms with Crippen molar-refractivity contribution in [1.29, 1.82) is 0 Å². The van der Waals surface area contributed by atoms with Gasteiger partial charge in [0.2, 0.25) is 11.7 Å². The van der Waals surface area contributed by atoms with Crippen LogP contribution in [-0.2, 0) is 0 Å². The fourth-order valence-electron chi connectivity index (χ4n) is 3.07. The summed E-state index contributed by atoms with van der Waals surface area (Å²) in [5.74, 6) is 0.832. The second-order valence-corrected chi connectivity index (χ2v) is 7.85. The lowest BCUT2D eigenvalue weighted by molar-refractivity contribution is 0.0999. The Labute approximate surface area is 176 Å². The van der Waals surface area contributed by atoms with Gasteiger partial charge in [-0.1, -0.05) is 17.7 Å². The predicted octanol–water partition coefficient (Wildman–Crippen LogP) is 4.37. The lowest BCUT2D eigenvalue weighted by Gasteiger charge is -2.21. The molecule has 2 aromatic carbocycles. The van der Waals surface area contributed by atoms with E-state index in [4.69, 9.17) is 22.1 Å². The molecule has 0 bridgehead atoms. The lowest BCUT2D eigenvalue weighted by Crippen LogP contribution is -2.16. The van der Waals surface area contributed by atoms with Gasteiger partial charge in [-0.05, 0) is 36.4 Å². The number of hydrogen-bond donors (Lipinski definition) is 1. The van der Waals surface area contributed by atoms with Crippen LogP contribution in [0.3, 0.4) is 0 Å². The highest BCUT2D eigenvalue weighted by Crippen LogP contribution is 2.44. The van der Waals surface area contributed by atoms with Crippen LogP contribution in [-0.4, -0.2) is 27.4 Å². The van der Waals surface area contributed by atoms with Gasteiger partial charge in [0.15, 0.2) is 0 Å². The molecule has 1 unspecified atom stereocenters. The molecule has 0 radical (unpaired) electrons. The van der Waals surface area contributed by atoms with Crippen LogP contribution in [0.2, 0.25) is 5.02 Å². The molecule has 0 fully saturated rings. The molecule has 6 nitrogen and oxygen atoms in total. The normalized spacial score (nSPS) is 12.1. The van der Waals surface area contributed by atoms with Crippen molar-refractivity contribution in [2.45, 2.75) is 10.1 Å². The monoisotopic (exact) mass is 424 g/mol. The Morgan fingerprint density at radius 3 is 2.72 bits per heavy atom. The van der Waals surface area contributed by atoms with Gasteiger partial charge in [0.1, 0.15) is 5.75 Å². The number of amides is 1. The first-order valence-corrected chi connectivity index (χ1v) is 10.00. The number of rotatable bonds is 6. The third kappa shape index (κ3) is 3.92. The van der Waals surface area contributed by atoms with Crippen molar-refractivity contribution in [3.63, 3.8) is 0 Å². The van der Waals surface area contributed by atoms with Crippen LogP contribution in [0.4, 0.5) is 0 Å². The number of methoxy groups -OCH3 is 1. The molecule has 146 valence electrons. The summed E-state index contributed by atoms with van der Waals surface area (Å²) < 4.78 is 7.07. The van der Waals surface area contributed by atoms with Gasteiger partial charge in [-0.25, -0.2) is 9.97 Å². The molecule has 4 aromatic rings. The third-order valence-electron chi connectivity index (χ3n) is 4.46. The third-order valence-corrected chi connectivity index (χ3v) is 6.08. The molecule has 2 N–H and O–H groups in total. The molecule has 0 saturated heterocycles. The Balaban J connectivity index is 1.85. The van der Waals surface area contributed by atoms with Gasteiger partial charge >= 0.3 is 0 Å². The molecule has 0 spiro atoms. The average molecular weight is 425 g/mol. The van der Waals surface area contributed by atoms with Crippen LogP contribution >= 0.6 is 23.4 Å². The van der Waals surface area contributed by atoms with E-state index >= 15 is 0 Å². The number of fused-ring (bicyclic) bond motifs is 1. The number of carbonyl (C=O) groups excluding carboxylic acids is 1. The molecule has 2 aromatic heterocycles. The van der Waals surface area contributed by atoms with Gasteiger partial charge in [0.25, 0.3) is 0 Å². The minimum Gasteiger partial charge on any atom is -0.497 e. The second kappa shape index (κ2) is 8.14. The van der Waals surface area contributed by atoms with E-state index in [1.165, 1.54) is 0 Å². The molecule has 1 atom stereocenters. The van der Waals surface area contributed by atoms with Crippen LogP contribution < -0.4 is 10.5 Å². The molecule has 29 heavy (non-hydrogen) atoms. The lowest BCUT2D eigenvalue weighted by atomic mass is 10.00. The number of hydrogen-bond acceptors (Lipinski definition) is 5. The summed E-state index contributed by atoms with van der Waals surface area (Å²) in [6.45, 7) is 0. The summed E-state index contributed by atoms with van der Waals surface area (Å²) in [4.78, 5) is 21.7. The van der Waals surface area contributed by atoms with E-state index < -0.39 is 5.91 Å². The van der Waals surface area contributed by atoms with Crippen molar-refractivity contribution in [2.24, 2.45) is 5.73 Å². The minimum atomic E-state index is -0.528. The minimum absolute atomic E-state index is 0.307. The molecule has 1 amide bonds. The van der Waals surface area contributed by atoms with E-state index in [0.29, 0.717) is 21.9 Å². The fraction of sp³-hybridized carbons (Fsp3) is 0.0952. The van der Waals surface area contributed by atoms with Gasteiger partial charge in [0.05, 0.1) is 12.4 Å². The maximum atomic E-state index is 12.1. The van der Waals surface area contributed by atoms with E-state index in [0.717, 1.165) is 16.2 Å². The summed E-state index contributed by atoms with van der Waals surface area (Å²) >= 11 is 8.10. The first kappa shape index (κ1) is 19.3. The Bertz CT molecular complexity index is 1180. The smallest absolute Gasteiger partial charge is 0.249 e. The molecule has 0 aliphatic heterocycles. The first-order valence-electron chi connectivity index (χ1n) is 8.74. The molecule has 8 heteroatoms. The highest BCUT2D eigenvalue weighted by Gasteiger charge is 2.25. The van der Waals surface area contributed by atoms with Crippen LogP contribution in [0.5, 0.6) is 5.75 Å².